The van der Waals surface area contributed by atoms with Crippen LogP contribution in [0.5, 0.6) is 0 Å². The van der Waals surface area contributed by atoms with Gasteiger partial charge in [-0.1, -0.05) is 133 Å². The van der Waals surface area contributed by atoms with E-state index in [1.165, 1.54) is 16.8 Å². The summed E-state index contributed by atoms with van der Waals surface area (Å²) in [4.78, 5) is 25.2. The molecule has 3 heterocycles. The number of hydrogen-bond donors (Lipinski definition) is 0. The smallest absolute Gasteiger partial charge is 0.239 e. The Morgan fingerprint density at radius 3 is 1.84 bits per heavy atom. The molecule has 0 fully saturated rings. The average Bonchev–Trinajstić information content (AvgIpc) is 3.55. The van der Waals surface area contributed by atoms with Gasteiger partial charge in [-0.2, -0.15) is 9.97 Å². The minimum absolute atomic E-state index is 0.357. The number of para-hydroxylation sites is 1. The van der Waals surface area contributed by atoms with E-state index in [9.17, 15) is 0 Å². The van der Waals surface area contributed by atoms with Crippen molar-refractivity contribution in [3.05, 3.63) is 169 Å². The van der Waals surface area contributed by atoms with Crippen LogP contribution in [-0.4, -0.2) is 39.1 Å². The largest absolute Gasteiger partial charge is 0.321 e. The van der Waals surface area contributed by atoms with E-state index < -0.39 is 0 Å². The van der Waals surface area contributed by atoms with Gasteiger partial charge in [0.05, 0.1) is 5.52 Å². The fourth-order valence-corrected chi connectivity index (χ4v) is 7.10. The van der Waals surface area contributed by atoms with Gasteiger partial charge in [0.15, 0.2) is 11.6 Å². The van der Waals surface area contributed by atoms with Crippen LogP contribution in [0.15, 0.2) is 168 Å². The molecule has 0 saturated carbocycles. The predicted octanol–water partition coefficient (Wildman–Crippen LogP) is 9.71. The second kappa shape index (κ2) is 13.0. The average molecular weight is 662 g/mol. The molecule has 0 N–H and O–H groups in total. The Morgan fingerprint density at radius 1 is 0.627 bits per heavy atom. The minimum Gasteiger partial charge on any atom is -0.321 e. The first-order valence-electron chi connectivity index (χ1n) is 17.3. The van der Waals surface area contributed by atoms with Crippen LogP contribution < -0.4 is 9.80 Å². The van der Waals surface area contributed by atoms with Gasteiger partial charge in [0, 0.05) is 46.7 Å². The molecule has 1 aliphatic carbocycles. The van der Waals surface area contributed by atoms with E-state index in [0.717, 1.165) is 51.9 Å². The molecular formula is C44H35N7. The van der Waals surface area contributed by atoms with Gasteiger partial charge in [-0.25, -0.2) is 9.98 Å². The molecular weight excluding hydrogens is 627 g/mol. The van der Waals surface area contributed by atoms with Crippen LogP contribution in [0.3, 0.4) is 0 Å². The number of benzene rings is 5. The van der Waals surface area contributed by atoms with Crippen molar-refractivity contribution in [2.45, 2.75) is 19.1 Å². The van der Waals surface area contributed by atoms with E-state index in [-0.39, 0.29) is 6.29 Å². The van der Waals surface area contributed by atoms with Crippen LogP contribution >= 0.6 is 0 Å². The van der Waals surface area contributed by atoms with Gasteiger partial charge < -0.3 is 9.80 Å². The number of aliphatic imine (C=N–C) groups is 1. The molecule has 9 rings (SSSR count). The number of aromatic nitrogens is 4. The molecule has 7 nitrogen and oxygen atoms in total. The third-order valence-corrected chi connectivity index (χ3v) is 9.58. The lowest BCUT2D eigenvalue weighted by Gasteiger charge is -2.41. The lowest BCUT2D eigenvalue weighted by atomic mass is 10.0. The third kappa shape index (κ3) is 5.59. The zero-order valence-corrected chi connectivity index (χ0v) is 28.2. The lowest BCUT2D eigenvalue weighted by molar-refractivity contribution is 0.616. The Hall–Kier alpha value is -6.60. The fourth-order valence-electron chi connectivity index (χ4n) is 7.10. The molecule has 0 bridgehead atoms. The van der Waals surface area contributed by atoms with Gasteiger partial charge >= 0.3 is 0 Å². The summed E-state index contributed by atoms with van der Waals surface area (Å²) in [6, 6.07) is 48.0. The van der Waals surface area contributed by atoms with Crippen molar-refractivity contribution < 1.29 is 0 Å². The van der Waals surface area contributed by atoms with Crippen LogP contribution in [0.2, 0.25) is 0 Å². The first kappa shape index (κ1) is 30.5. The quantitative estimate of drug-likeness (QED) is 0.170. The van der Waals surface area contributed by atoms with Crippen molar-refractivity contribution in [2.75, 3.05) is 16.8 Å². The van der Waals surface area contributed by atoms with Crippen molar-refractivity contribution in [1.82, 2.24) is 19.5 Å². The highest BCUT2D eigenvalue weighted by atomic mass is 15.5. The summed E-state index contributed by atoms with van der Waals surface area (Å²) in [5, 5.41) is 1.09. The standard InChI is InChI=1S/C44H35N7/c1-49-42-38(30-45-44(49)50(35-22-12-5-13-23-35)36-28-26-32(27-29-36)31-16-6-2-7-17-31)37-24-14-15-25-39(37)51(42)43-47-40(33-18-8-3-9-19-33)46-41(48-43)34-20-10-4-11-21-34/h2-12,14-22,24-30,44H,13,23H2,1H3. The Bertz CT molecular complexity index is 2370. The van der Waals surface area contributed by atoms with Crippen LogP contribution in [0.4, 0.5) is 11.5 Å². The fraction of sp³-hybridized carbons (Fsp3) is 0.0909. The molecule has 0 radical (unpaired) electrons. The summed E-state index contributed by atoms with van der Waals surface area (Å²) in [6.07, 6.45) is 10.2. The first-order chi connectivity index (χ1) is 25.2. The van der Waals surface area contributed by atoms with Crippen molar-refractivity contribution in [3.8, 4) is 39.9 Å². The van der Waals surface area contributed by atoms with E-state index in [0.29, 0.717) is 17.6 Å². The zero-order chi connectivity index (χ0) is 34.1. The van der Waals surface area contributed by atoms with Crippen molar-refractivity contribution in [1.29, 1.82) is 0 Å². The van der Waals surface area contributed by atoms with Crippen LogP contribution in [-0.2, 0) is 0 Å². The van der Waals surface area contributed by atoms with Gasteiger partial charge in [-0.3, -0.25) is 4.57 Å². The predicted molar refractivity (Wildman–Crippen MR) is 208 cm³/mol. The van der Waals surface area contributed by atoms with Crippen molar-refractivity contribution >= 4 is 28.6 Å². The molecule has 0 spiro atoms. The molecule has 2 aliphatic rings. The zero-order valence-electron chi connectivity index (χ0n) is 28.2. The number of nitrogens with zero attached hydrogens (tertiary/aromatic N) is 7. The second-order valence-corrected chi connectivity index (χ2v) is 12.7. The molecule has 7 heteroatoms. The minimum atomic E-state index is -0.357. The molecule has 1 aliphatic heterocycles. The Balaban J connectivity index is 1.21. The van der Waals surface area contributed by atoms with Crippen molar-refractivity contribution in [3.63, 3.8) is 0 Å². The molecule has 51 heavy (non-hydrogen) atoms. The van der Waals surface area contributed by atoms with Gasteiger partial charge in [0.2, 0.25) is 12.2 Å². The number of anilines is 2. The number of hydrogen-bond acceptors (Lipinski definition) is 6. The normalized spacial score (nSPS) is 15.1. The molecule has 0 saturated heterocycles. The Kier molecular flexibility index (Phi) is 7.78. The monoisotopic (exact) mass is 661 g/mol. The molecule has 0 amide bonds. The summed E-state index contributed by atoms with van der Waals surface area (Å²) in [5.41, 5.74) is 8.56. The number of fused-ring (bicyclic) bond motifs is 3. The number of rotatable bonds is 7. The highest BCUT2D eigenvalue weighted by Crippen LogP contribution is 2.40. The topological polar surface area (TPSA) is 62.4 Å². The molecule has 246 valence electrons. The number of allylic oxidation sites excluding steroid dienone is 4. The Labute approximate surface area is 297 Å². The van der Waals surface area contributed by atoms with Gasteiger partial charge in [0.1, 0.15) is 5.82 Å². The van der Waals surface area contributed by atoms with Crippen LogP contribution in [0.25, 0.3) is 50.8 Å². The molecule has 5 aromatic carbocycles. The SMILES string of the molecule is CN1c2c(c3ccccc3n2-c2nc(-c3ccccc3)nc(-c3ccccc3)n2)C=NC1N(C1=CC=CCC1)c1ccc(-c2ccccc2)cc1. The highest BCUT2D eigenvalue weighted by Gasteiger charge is 2.34. The van der Waals surface area contributed by atoms with Gasteiger partial charge in [-0.05, 0) is 48.2 Å². The summed E-state index contributed by atoms with van der Waals surface area (Å²) in [6.45, 7) is 0. The molecule has 2 aromatic heterocycles. The van der Waals surface area contributed by atoms with E-state index in [4.69, 9.17) is 19.9 Å². The maximum atomic E-state index is 5.27. The summed E-state index contributed by atoms with van der Waals surface area (Å²) >= 11 is 0. The van der Waals surface area contributed by atoms with Crippen molar-refractivity contribution in [2.24, 2.45) is 4.99 Å². The maximum Gasteiger partial charge on any atom is 0.239 e. The highest BCUT2D eigenvalue weighted by molar-refractivity contribution is 6.07. The van der Waals surface area contributed by atoms with E-state index in [1.807, 2.05) is 66.9 Å². The van der Waals surface area contributed by atoms with Crippen LogP contribution in [0.1, 0.15) is 18.4 Å². The van der Waals surface area contributed by atoms with E-state index >= 15 is 0 Å². The lowest BCUT2D eigenvalue weighted by Crippen LogP contribution is -2.48. The summed E-state index contributed by atoms with van der Waals surface area (Å²) in [7, 11) is 2.12. The maximum absolute atomic E-state index is 5.27. The first-order valence-corrected chi connectivity index (χ1v) is 17.3. The van der Waals surface area contributed by atoms with Gasteiger partial charge in [-0.15, -0.1) is 0 Å². The van der Waals surface area contributed by atoms with E-state index in [2.05, 4.69) is 119 Å². The van der Waals surface area contributed by atoms with Gasteiger partial charge in [0.25, 0.3) is 0 Å². The Morgan fingerprint density at radius 2 is 1.22 bits per heavy atom. The van der Waals surface area contributed by atoms with Crippen LogP contribution in [0, 0.1) is 0 Å². The van der Waals surface area contributed by atoms with E-state index in [1.54, 1.807) is 0 Å². The molecule has 7 aromatic rings. The molecule has 1 unspecified atom stereocenters. The summed E-state index contributed by atoms with van der Waals surface area (Å²) in [5.74, 6) is 2.76. The second-order valence-electron chi connectivity index (χ2n) is 12.7. The molecule has 1 atom stereocenters. The summed E-state index contributed by atoms with van der Waals surface area (Å²) < 4.78 is 2.18. The third-order valence-electron chi connectivity index (χ3n) is 9.58.